The smallest absolute Gasteiger partial charge is 0.330 e. The third kappa shape index (κ3) is 3.17. The first-order valence-corrected chi connectivity index (χ1v) is 8.74. The van der Waals surface area contributed by atoms with Crippen LogP contribution in [0.1, 0.15) is 40.4 Å². The van der Waals surface area contributed by atoms with Crippen LogP contribution < -0.4 is 17.0 Å². The lowest BCUT2D eigenvalue weighted by Gasteiger charge is -2.11. The molecule has 0 radical (unpaired) electrons. The Morgan fingerprint density at radius 1 is 1.33 bits per heavy atom. The Labute approximate surface area is 143 Å². The molecule has 1 aliphatic carbocycles. The summed E-state index contributed by atoms with van der Waals surface area (Å²) in [5.74, 6) is -0.285. The van der Waals surface area contributed by atoms with E-state index in [4.69, 9.17) is 5.73 Å². The van der Waals surface area contributed by atoms with Crippen LogP contribution in [0.2, 0.25) is 0 Å². The number of thioether (sulfide) groups is 1. The van der Waals surface area contributed by atoms with Crippen molar-refractivity contribution in [2.45, 2.75) is 37.6 Å². The van der Waals surface area contributed by atoms with Crippen molar-refractivity contribution in [2.24, 2.45) is 0 Å². The van der Waals surface area contributed by atoms with Crippen molar-refractivity contribution in [3.05, 3.63) is 55.7 Å². The number of Topliss-reactive ketones (excluding diaryl/α,β-unsaturated/α-hetero) is 1. The molecule has 0 atom stereocenters. The second kappa shape index (κ2) is 6.32. The summed E-state index contributed by atoms with van der Waals surface area (Å²) in [5.41, 5.74) is 6.78. The molecule has 1 saturated carbocycles. The molecule has 126 valence electrons. The minimum absolute atomic E-state index is 0.00688. The Hall–Kier alpha value is -2.28. The van der Waals surface area contributed by atoms with Gasteiger partial charge in [0.15, 0.2) is 5.78 Å². The van der Waals surface area contributed by atoms with Gasteiger partial charge in [0.1, 0.15) is 11.4 Å². The van der Waals surface area contributed by atoms with Crippen LogP contribution in [0.3, 0.4) is 0 Å². The Morgan fingerprint density at radius 2 is 2.04 bits per heavy atom. The van der Waals surface area contributed by atoms with Crippen LogP contribution in [0.4, 0.5) is 5.82 Å². The molecule has 6 nitrogen and oxygen atoms in total. The Morgan fingerprint density at radius 3 is 2.71 bits per heavy atom. The van der Waals surface area contributed by atoms with Gasteiger partial charge in [0, 0.05) is 10.9 Å². The Bertz CT molecular complexity index is 926. The number of carbonyl (C=O) groups excluding carboxylic acids is 1. The maximum atomic E-state index is 12.5. The highest BCUT2D eigenvalue weighted by molar-refractivity contribution is 8.00. The van der Waals surface area contributed by atoms with Crippen LogP contribution in [-0.4, -0.2) is 21.1 Å². The van der Waals surface area contributed by atoms with Crippen LogP contribution >= 0.6 is 11.8 Å². The van der Waals surface area contributed by atoms with E-state index in [0.29, 0.717) is 0 Å². The van der Waals surface area contributed by atoms with E-state index in [-0.39, 0.29) is 29.0 Å². The van der Waals surface area contributed by atoms with Gasteiger partial charge in [-0.15, -0.1) is 11.8 Å². The number of nitrogens with zero attached hydrogens (tertiary/aromatic N) is 1. The van der Waals surface area contributed by atoms with Gasteiger partial charge in [-0.05, 0) is 38.3 Å². The molecule has 0 unspecified atom stereocenters. The molecular formula is C17H19N3O3S. The molecule has 0 spiro atoms. The molecule has 1 aromatic carbocycles. The van der Waals surface area contributed by atoms with E-state index < -0.39 is 11.2 Å². The number of nitrogen functional groups attached to an aromatic ring is 1. The predicted molar refractivity (Wildman–Crippen MR) is 95.0 cm³/mol. The van der Waals surface area contributed by atoms with Crippen molar-refractivity contribution in [1.29, 1.82) is 0 Å². The molecule has 24 heavy (non-hydrogen) atoms. The molecule has 3 rings (SSSR count). The fourth-order valence-electron chi connectivity index (χ4n) is 2.61. The third-order valence-electron chi connectivity index (χ3n) is 4.08. The third-order valence-corrected chi connectivity index (χ3v) is 5.23. The highest BCUT2D eigenvalue weighted by atomic mass is 32.2. The Balaban J connectivity index is 1.88. The summed E-state index contributed by atoms with van der Waals surface area (Å²) >= 11 is 1.37. The van der Waals surface area contributed by atoms with Gasteiger partial charge in [0.2, 0.25) is 0 Å². The van der Waals surface area contributed by atoms with Gasteiger partial charge in [0.05, 0.1) is 5.75 Å². The summed E-state index contributed by atoms with van der Waals surface area (Å²) in [6.07, 6.45) is 1.67. The van der Waals surface area contributed by atoms with Crippen LogP contribution in [0.15, 0.2) is 32.7 Å². The summed E-state index contributed by atoms with van der Waals surface area (Å²) in [6, 6.07) is 6.01. The van der Waals surface area contributed by atoms with Gasteiger partial charge in [0.25, 0.3) is 5.56 Å². The number of aryl methyl sites for hydroxylation is 2. The second-order valence-corrected chi connectivity index (χ2v) is 7.12. The SMILES string of the molecule is Cc1ccc(C)c(SCC(=O)c2c(N)n(C3CC3)c(=O)[nH]c2=O)c1. The summed E-state index contributed by atoms with van der Waals surface area (Å²) in [4.78, 5) is 39.7. The van der Waals surface area contributed by atoms with E-state index >= 15 is 0 Å². The van der Waals surface area contributed by atoms with Gasteiger partial charge in [-0.3, -0.25) is 19.1 Å². The maximum absolute atomic E-state index is 12.5. The van der Waals surface area contributed by atoms with E-state index in [9.17, 15) is 14.4 Å². The molecule has 2 aromatic rings. The topological polar surface area (TPSA) is 97.9 Å². The lowest BCUT2D eigenvalue weighted by molar-refractivity contribution is 0.102. The quantitative estimate of drug-likeness (QED) is 0.638. The van der Waals surface area contributed by atoms with Crippen molar-refractivity contribution >= 4 is 23.4 Å². The van der Waals surface area contributed by atoms with Crippen LogP contribution in [0.25, 0.3) is 0 Å². The van der Waals surface area contributed by atoms with Gasteiger partial charge >= 0.3 is 5.69 Å². The largest absolute Gasteiger partial charge is 0.384 e. The zero-order valence-electron chi connectivity index (χ0n) is 13.6. The van der Waals surface area contributed by atoms with Gasteiger partial charge in [-0.1, -0.05) is 17.7 Å². The second-order valence-electron chi connectivity index (χ2n) is 6.10. The van der Waals surface area contributed by atoms with Crippen LogP contribution in [-0.2, 0) is 0 Å². The first kappa shape index (κ1) is 16.6. The molecule has 3 N–H and O–H groups in total. The molecule has 7 heteroatoms. The molecule has 0 bridgehead atoms. The first-order chi connectivity index (χ1) is 11.4. The van der Waals surface area contributed by atoms with Crippen molar-refractivity contribution in [3.63, 3.8) is 0 Å². The average Bonchev–Trinajstić information content (AvgIpc) is 3.32. The van der Waals surface area contributed by atoms with Crippen molar-refractivity contribution in [3.8, 4) is 0 Å². The van der Waals surface area contributed by atoms with Gasteiger partial charge in [-0.25, -0.2) is 4.79 Å². The summed E-state index contributed by atoms with van der Waals surface area (Å²) in [7, 11) is 0. The summed E-state index contributed by atoms with van der Waals surface area (Å²) < 4.78 is 1.33. The van der Waals surface area contributed by atoms with E-state index in [0.717, 1.165) is 28.9 Å². The first-order valence-electron chi connectivity index (χ1n) is 7.76. The number of rotatable bonds is 5. The van der Waals surface area contributed by atoms with Crippen molar-refractivity contribution in [2.75, 3.05) is 11.5 Å². The monoisotopic (exact) mass is 345 g/mol. The molecule has 1 aliphatic rings. The molecule has 1 aromatic heterocycles. The number of H-pyrrole nitrogens is 1. The van der Waals surface area contributed by atoms with Gasteiger partial charge in [-0.2, -0.15) is 0 Å². The minimum atomic E-state index is -0.707. The predicted octanol–water partition coefficient (Wildman–Crippen LogP) is 2.05. The lowest BCUT2D eigenvalue weighted by atomic mass is 10.2. The molecule has 0 aliphatic heterocycles. The number of aromatic amines is 1. The van der Waals surface area contributed by atoms with E-state index in [2.05, 4.69) is 4.98 Å². The maximum Gasteiger partial charge on any atom is 0.330 e. The number of benzene rings is 1. The number of aromatic nitrogens is 2. The van der Waals surface area contributed by atoms with Crippen LogP contribution in [0.5, 0.6) is 0 Å². The molecule has 1 heterocycles. The van der Waals surface area contributed by atoms with Crippen molar-refractivity contribution in [1.82, 2.24) is 9.55 Å². The Kier molecular flexibility index (Phi) is 4.36. The van der Waals surface area contributed by atoms with Gasteiger partial charge < -0.3 is 5.73 Å². The number of anilines is 1. The van der Waals surface area contributed by atoms with E-state index in [1.54, 1.807) is 0 Å². The molecular weight excluding hydrogens is 326 g/mol. The standard InChI is InChI=1S/C17H19N3O3S/c1-9-3-4-10(2)13(7-9)24-8-12(21)14-15(18)20(11-5-6-11)17(23)19-16(14)22/h3-4,7,11H,5-6,8,18H2,1-2H3,(H,19,22,23). The molecule has 0 saturated heterocycles. The number of hydrogen-bond acceptors (Lipinski definition) is 5. The number of nitrogens with two attached hydrogens (primary N) is 1. The fourth-order valence-corrected chi connectivity index (χ4v) is 3.60. The fraction of sp³-hybridized carbons (Fsp3) is 0.353. The normalized spacial score (nSPS) is 13.9. The number of hydrogen-bond donors (Lipinski definition) is 2. The zero-order valence-corrected chi connectivity index (χ0v) is 14.4. The average molecular weight is 345 g/mol. The number of nitrogens with one attached hydrogen (secondary N) is 1. The summed E-state index contributed by atoms with van der Waals surface area (Å²) in [6.45, 7) is 3.96. The lowest BCUT2D eigenvalue weighted by Crippen LogP contribution is -2.36. The number of ketones is 1. The van der Waals surface area contributed by atoms with E-state index in [1.807, 2.05) is 32.0 Å². The summed E-state index contributed by atoms with van der Waals surface area (Å²) in [5, 5.41) is 0. The van der Waals surface area contributed by atoms with Crippen molar-refractivity contribution < 1.29 is 4.79 Å². The minimum Gasteiger partial charge on any atom is -0.384 e. The highest BCUT2D eigenvalue weighted by Gasteiger charge is 2.29. The van der Waals surface area contributed by atoms with E-state index in [1.165, 1.54) is 16.3 Å². The molecule has 0 amide bonds. The number of carbonyl (C=O) groups is 1. The highest BCUT2D eigenvalue weighted by Crippen LogP contribution is 2.35. The van der Waals surface area contributed by atoms with Crippen LogP contribution in [0, 0.1) is 13.8 Å². The molecule has 1 fully saturated rings. The zero-order chi connectivity index (χ0) is 17.4.